The van der Waals surface area contributed by atoms with Gasteiger partial charge in [0, 0.05) is 24.2 Å². The first-order valence-electron chi connectivity index (χ1n) is 8.90. The smallest absolute Gasteiger partial charge is 0.234 e. The molecule has 0 aliphatic carbocycles. The highest BCUT2D eigenvalue weighted by Crippen LogP contribution is 2.23. The molecular formula is C19H23N3O3S2. The van der Waals surface area contributed by atoms with Crippen molar-refractivity contribution in [2.75, 3.05) is 24.2 Å². The summed E-state index contributed by atoms with van der Waals surface area (Å²) < 4.78 is 6.28. The highest BCUT2D eigenvalue weighted by Gasteiger charge is 2.16. The Balaban J connectivity index is 1.38. The predicted octanol–water partition coefficient (Wildman–Crippen LogP) is 3.02. The van der Waals surface area contributed by atoms with Crippen molar-refractivity contribution in [1.29, 1.82) is 0 Å². The number of rotatable bonds is 8. The summed E-state index contributed by atoms with van der Waals surface area (Å²) in [7, 11) is 0. The first-order valence-corrected chi connectivity index (χ1v) is 10.8. The van der Waals surface area contributed by atoms with Gasteiger partial charge in [-0.1, -0.05) is 29.5 Å². The van der Waals surface area contributed by atoms with E-state index in [0.29, 0.717) is 6.54 Å². The molecule has 0 bridgehead atoms. The maximum atomic E-state index is 12.0. The van der Waals surface area contributed by atoms with Crippen molar-refractivity contribution >= 4 is 40.6 Å². The zero-order chi connectivity index (χ0) is 19.1. The Labute approximate surface area is 167 Å². The van der Waals surface area contributed by atoms with E-state index in [2.05, 4.69) is 15.6 Å². The highest BCUT2D eigenvalue weighted by atomic mass is 32.2. The summed E-state index contributed by atoms with van der Waals surface area (Å²) >= 11 is 2.83. The van der Waals surface area contributed by atoms with Crippen LogP contribution in [-0.2, 0) is 20.7 Å². The van der Waals surface area contributed by atoms with Gasteiger partial charge in [0.1, 0.15) is 0 Å². The lowest BCUT2D eigenvalue weighted by Crippen LogP contribution is -2.32. The molecule has 27 heavy (non-hydrogen) atoms. The molecule has 0 radical (unpaired) electrons. The Hall–Kier alpha value is -1.90. The van der Waals surface area contributed by atoms with Crippen molar-refractivity contribution in [3.05, 3.63) is 40.9 Å². The number of aryl methyl sites for hydroxylation is 1. The molecule has 0 saturated carbocycles. The van der Waals surface area contributed by atoms with Gasteiger partial charge in [-0.2, -0.15) is 0 Å². The number of anilines is 1. The Morgan fingerprint density at radius 2 is 2.11 bits per heavy atom. The van der Waals surface area contributed by atoms with Crippen LogP contribution in [0, 0.1) is 6.92 Å². The second-order valence-corrected chi connectivity index (χ2v) is 8.50. The standard InChI is InChI=1S/C19H23N3O3S2/c1-13-4-6-14(7-5-13)21-18(24)12-27-19-22-15(11-26-19)9-17(23)20-10-16-3-2-8-25-16/h4-7,11,16H,2-3,8-10,12H2,1H3,(H,20,23)(H,21,24). The molecule has 1 aromatic carbocycles. The molecule has 3 rings (SSSR count). The summed E-state index contributed by atoms with van der Waals surface area (Å²) in [6, 6.07) is 7.68. The molecule has 0 spiro atoms. The summed E-state index contributed by atoms with van der Waals surface area (Å²) in [5, 5.41) is 7.62. The van der Waals surface area contributed by atoms with Gasteiger partial charge in [-0.25, -0.2) is 4.98 Å². The van der Waals surface area contributed by atoms with Crippen LogP contribution < -0.4 is 10.6 Å². The molecule has 1 saturated heterocycles. The molecule has 2 aromatic rings. The van der Waals surface area contributed by atoms with E-state index >= 15 is 0 Å². The van der Waals surface area contributed by atoms with Crippen molar-refractivity contribution in [2.45, 2.75) is 36.6 Å². The molecule has 2 heterocycles. The summed E-state index contributed by atoms with van der Waals surface area (Å²) in [6.07, 6.45) is 2.45. The number of thiazole rings is 1. The Bertz CT molecular complexity index is 771. The van der Waals surface area contributed by atoms with Gasteiger partial charge in [0.05, 0.1) is 24.0 Å². The van der Waals surface area contributed by atoms with Crippen LogP contribution >= 0.6 is 23.1 Å². The minimum absolute atomic E-state index is 0.0514. The summed E-state index contributed by atoms with van der Waals surface area (Å²) in [6.45, 7) is 3.35. The zero-order valence-corrected chi connectivity index (χ0v) is 16.8. The predicted molar refractivity (Wildman–Crippen MR) is 108 cm³/mol. The monoisotopic (exact) mass is 405 g/mol. The maximum absolute atomic E-state index is 12.0. The normalized spacial score (nSPS) is 16.3. The first kappa shape index (κ1) is 19.9. The number of hydrogen-bond acceptors (Lipinski definition) is 6. The van der Waals surface area contributed by atoms with Gasteiger partial charge in [-0.05, 0) is 31.9 Å². The van der Waals surface area contributed by atoms with Gasteiger partial charge >= 0.3 is 0 Å². The van der Waals surface area contributed by atoms with Crippen LogP contribution in [0.3, 0.4) is 0 Å². The third-order valence-corrected chi connectivity index (χ3v) is 6.16. The SMILES string of the molecule is Cc1ccc(NC(=O)CSc2nc(CC(=O)NCC3CCCO3)cs2)cc1. The van der Waals surface area contributed by atoms with Crippen molar-refractivity contribution < 1.29 is 14.3 Å². The Kier molecular flexibility index (Phi) is 7.25. The molecule has 1 aliphatic heterocycles. The zero-order valence-electron chi connectivity index (χ0n) is 15.2. The van der Waals surface area contributed by atoms with E-state index in [1.807, 2.05) is 36.6 Å². The lowest BCUT2D eigenvalue weighted by molar-refractivity contribution is -0.121. The molecule has 1 aromatic heterocycles. The largest absolute Gasteiger partial charge is 0.376 e. The van der Waals surface area contributed by atoms with Crippen LogP contribution in [0.25, 0.3) is 0 Å². The van der Waals surface area contributed by atoms with E-state index in [-0.39, 0.29) is 30.1 Å². The number of hydrogen-bond donors (Lipinski definition) is 2. The van der Waals surface area contributed by atoms with Gasteiger partial charge < -0.3 is 15.4 Å². The molecule has 1 aliphatic rings. The third kappa shape index (κ3) is 6.64. The number of aromatic nitrogens is 1. The quantitative estimate of drug-likeness (QED) is 0.660. The van der Waals surface area contributed by atoms with Crippen LogP contribution in [0.2, 0.25) is 0 Å². The summed E-state index contributed by atoms with van der Waals surface area (Å²) in [4.78, 5) is 28.5. The lowest BCUT2D eigenvalue weighted by atomic mass is 10.2. The average Bonchev–Trinajstić information content (AvgIpc) is 3.32. The number of carbonyl (C=O) groups excluding carboxylic acids is 2. The van der Waals surface area contributed by atoms with Crippen molar-refractivity contribution in [2.24, 2.45) is 0 Å². The molecule has 6 nitrogen and oxygen atoms in total. The van der Waals surface area contributed by atoms with Gasteiger partial charge in [0.15, 0.2) is 4.34 Å². The third-order valence-electron chi connectivity index (χ3n) is 4.09. The highest BCUT2D eigenvalue weighted by molar-refractivity contribution is 8.01. The molecule has 144 valence electrons. The van der Waals surface area contributed by atoms with Crippen molar-refractivity contribution in [3.8, 4) is 0 Å². The minimum atomic E-state index is -0.0742. The molecular weight excluding hydrogens is 382 g/mol. The Morgan fingerprint density at radius 1 is 1.30 bits per heavy atom. The van der Waals surface area contributed by atoms with Crippen LogP contribution in [0.4, 0.5) is 5.69 Å². The summed E-state index contributed by atoms with van der Waals surface area (Å²) in [5.74, 6) is 0.158. The lowest BCUT2D eigenvalue weighted by Gasteiger charge is -2.09. The van der Waals surface area contributed by atoms with E-state index in [1.165, 1.54) is 23.1 Å². The number of thioether (sulfide) groups is 1. The molecule has 1 fully saturated rings. The second kappa shape index (κ2) is 9.87. The van der Waals surface area contributed by atoms with Crippen molar-refractivity contribution in [1.82, 2.24) is 10.3 Å². The van der Waals surface area contributed by atoms with E-state index in [0.717, 1.165) is 40.7 Å². The van der Waals surface area contributed by atoms with E-state index in [1.54, 1.807) is 0 Å². The number of amides is 2. The minimum Gasteiger partial charge on any atom is -0.376 e. The Morgan fingerprint density at radius 3 is 2.85 bits per heavy atom. The number of nitrogens with zero attached hydrogens (tertiary/aromatic N) is 1. The van der Waals surface area contributed by atoms with Gasteiger partial charge in [0.25, 0.3) is 0 Å². The fraction of sp³-hybridized carbons (Fsp3) is 0.421. The van der Waals surface area contributed by atoms with E-state index in [4.69, 9.17) is 4.74 Å². The molecule has 2 amide bonds. The van der Waals surface area contributed by atoms with Crippen LogP contribution in [0.15, 0.2) is 34.0 Å². The second-order valence-electron chi connectivity index (χ2n) is 6.42. The molecule has 1 unspecified atom stereocenters. The molecule has 1 atom stereocenters. The number of benzene rings is 1. The number of ether oxygens (including phenoxy) is 1. The van der Waals surface area contributed by atoms with E-state index in [9.17, 15) is 9.59 Å². The maximum Gasteiger partial charge on any atom is 0.234 e. The fourth-order valence-corrected chi connectivity index (χ4v) is 4.30. The van der Waals surface area contributed by atoms with Crippen LogP contribution in [0.1, 0.15) is 24.1 Å². The number of carbonyl (C=O) groups is 2. The first-order chi connectivity index (χ1) is 13.1. The van der Waals surface area contributed by atoms with E-state index < -0.39 is 0 Å². The van der Waals surface area contributed by atoms with Gasteiger partial charge in [-0.3, -0.25) is 9.59 Å². The van der Waals surface area contributed by atoms with Crippen LogP contribution in [0.5, 0.6) is 0 Å². The molecule has 8 heteroatoms. The topological polar surface area (TPSA) is 80.3 Å². The van der Waals surface area contributed by atoms with Gasteiger partial charge in [-0.15, -0.1) is 11.3 Å². The van der Waals surface area contributed by atoms with Crippen LogP contribution in [-0.4, -0.2) is 41.8 Å². The molecule has 2 N–H and O–H groups in total. The van der Waals surface area contributed by atoms with Crippen molar-refractivity contribution in [3.63, 3.8) is 0 Å². The fourth-order valence-electron chi connectivity index (χ4n) is 2.66. The average molecular weight is 406 g/mol. The van der Waals surface area contributed by atoms with Gasteiger partial charge in [0.2, 0.25) is 11.8 Å². The summed E-state index contributed by atoms with van der Waals surface area (Å²) in [5.41, 5.74) is 2.66. The number of nitrogens with one attached hydrogen (secondary N) is 2.